The molecule has 0 unspecified atom stereocenters. The van der Waals surface area contributed by atoms with Gasteiger partial charge < -0.3 is 18.9 Å². The van der Waals surface area contributed by atoms with Gasteiger partial charge in [-0.05, 0) is 13.0 Å². The molecule has 10 heteroatoms. The quantitative estimate of drug-likeness (QED) is 0.334. The number of aromatic nitrogens is 2. The third kappa shape index (κ3) is 4.69. The maximum atomic E-state index is 12.8. The number of esters is 1. The average Bonchev–Trinajstić information content (AvgIpc) is 3.27. The smallest absolute Gasteiger partial charge is 0.341 e. The van der Waals surface area contributed by atoms with Gasteiger partial charge in [0.1, 0.15) is 0 Å². The van der Waals surface area contributed by atoms with Crippen molar-refractivity contribution in [3.63, 3.8) is 0 Å². The second-order valence-corrected chi connectivity index (χ2v) is 7.01. The predicted octanol–water partition coefficient (Wildman–Crippen LogP) is 3.15. The van der Waals surface area contributed by atoms with Crippen LogP contribution in [-0.2, 0) is 16.1 Å². The number of non-ortho nitro benzene ring substituents is 1. The highest BCUT2D eigenvalue weighted by Gasteiger charge is 2.23. The number of ether oxygens (including phenoxy) is 2. The zero-order chi connectivity index (χ0) is 21.8. The van der Waals surface area contributed by atoms with Gasteiger partial charge in [-0.25, -0.2) is 4.79 Å². The number of hydrogen-bond acceptors (Lipinski definition) is 9. The molecule has 160 valence electrons. The molecular formula is C21H20N4O6. The Morgan fingerprint density at radius 2 is 1.94 bits per heavy atom. The van der Waals surface area contributed by atoms with Gasteiger partial charge in [0.25, 0.3) is 11.6 Å². The van der Waals surface area contributed by atoms with Crippen LogP contribution in [0.25, 0.3) is 11.4 Å². The minimum Gasteiger partial charge on any atom is -0.452 e. The molecule has 0 bridgehead atoms. The van der Waals surface area contributed by atoms with Gasteiger partial charge >= 0.3 is 5.97 Å². The maximum absolute atomic E-state index is 12.8. The first-order valence-corrected chi connectivity index (χ1v) is 9.69. The summed E-state index contributed by atoms with van der Waals surface area (Å²) in [5.74, 6) is -0.196. The molecule has 1 aliphatic heterocycles. The van der Waals surface area contributed by atoms with Crippen molar-refractivity contribution in [1.82, 2.24) is 10.1 Å². The zero-order valence-corrected chi connectivity index (χ0v) is 16.8. The first kappa shape index (κ1) is 20.5. The maximum Gasteiger partial charge on any atom is 0.341 e. The van der Waals surface area contributed by atoms with Crippen molar-refractivity contribution < 1.29 is 23.7 Å². The van der Waals surface area contributed by atoms with Crippen LogP contribution in [0.15, 0.2) is 47.0 Å². The third-order valence-electron chi connectivity index (χ3n) is 4.87. The van der Waals surface area contributed by atoms with E-state index in [1.807, 2.05) is 36.1 Å². The van der Waals surface area contributed by atoms with Crippen LogP contribution in [0.3, 0.4) is 0 Å². The molecule has 4 rings (SSSR count). The van der Waals surface area contributed by atoms with Gasteiger partial charge in [-0.1, -0.05) is 35.0 Å². The van der Waals surface area contributed by atoms with Crippen molar-refractivity contribution in [3.8, 4) is 11.4 Å². The third-order valence-corrected chi connectivity index (χ3v) is 4.87. The Bertz CT molecular complexity index is 1090. The van der Waals surface area contributed by atoms with Crippen LogP contribution in [0.2, 0.25) is 0 Å². The molecule has 1 aliphatic rings. The normalized spacial score (nSPS) is 13.8. The molecule has 0 atom stereocenters. The fourth-order valence-electron chi connectivity index (χ4n) is 3.22. The summed E-state index contributed by atoms with van der Waals surface area (Å²) in [6, 6.07) is 11.7. The summed E-state index contributed by atoms with van der Waals surface area (Å²) in [6.07, 6.45) is 0. The summed E-state index contributed by atoms with van der Waals surface area (Å²) in [4.78, 5) is 29.6. The number of aryl methyl sites for hydroxylation is 1. The molecule has 0 amide bonds. The number of morpholine rings is 1. The van der Waals surface area contributed by atoms with Crippen LogP contribution < -0.4 is 4.90 Å². The molecule has 3 aromatic rings. The molecule has 0 saturated carbocycles. The second kappa shape index (κ2) is 8.92. The van der Waals surface area contributed by atoms with E-state index in [4.69, 9.17) is 14.0 Å². The highest BCUT2D eigenvalue weighted by molar-refractivity contribution is 5.96. The van der Waals surface area contributed by atoms with Gasteiger partial charge in [0.05, 0.1) is 29.4 Å². The first-order valence-electron chi connectivity index (χ1n) is 9.69. The number of hydrogen-bond donors (Lipinski definition) is 0. The van der Waals surface area contributed by atoms with E-state index < -0.39 is 10.9 Å². The Morgan fingerprint density at radius 3 is 2.65 bits per heavy atom. The first-order chi connectivity index (χ1) is 15.0. The number of rotatable bonds is 6. The van der Waals surface area contributed by atoms with Crippen LogP contribution in [0.1, 0.15) is 21.8 Å². The lowest BCUT2D eigenvalue weighted by molar-refractivity contribution is -0.384. The van der Waals surface area contributed by atoms with Crippen molar-refractivity contribution >= 4 is 17.3 Å². The van der Waals surface area contributed by atoms with E-state index in [-0.39, 0.29) is 23.7 Å². The predicted molar refractivity (Wildman–Crippen MR) is 110 cm³/mol. The second-order valence-electron chi connectivity index (χ2n) is 7.01. The number of carbonyl (C=O) groups is 1. The van der Waals surface area contributed by atoms with Crippen LogP contribution in [0, 0.1) is 17.0 Å². The van der Waals surface area contributed by atoms with Crippen molar-refractivity contribution in [2.24, 2.45) is 0 Å². The summed E-state index contributed by atoms with van der Waals surface area (Å²) in [5.41, 5.74) is 2.36. The van der Waals surface area contributed by atoms with E-state index in [0.29, 0.717) is 37.8 Å². The molecule has 0 aliphatic carbocycles. The molecule has 0 N–H and O–H groups in total. The van der Waals surface area contributed by atoms with Crippen LogP contribution in [-0.4, -0.2) is 47.3 Å². The van der Waals surface area contributed by atoms with Gasteiger partial charge in [0.15, 0.2) is 6.61 Å². The molecule has 31 heavy (non-hydrogen) atoms. The number of nitro benzene ring substituents is 1. The van der Waals surface area contributed by atoms with Crippen LogP contribution in [0.5, 0.6) is 0 Å². The lowest BCUT2D eigenvalue weighted by Gasteiger charge is -2.30. The number of anilines is 1. The molecule has 1 fully saturated rings. The molecule has 2 heterocycles. The Morgan fingerprint density at radius 1 is 1.19 bits per heavy atom. The number of benzene rings is 2. The summed E-state index contributed by atoms with van der Waals surface area (Å²) < 4.78 is 15.8. The molecule has 0 radical (unpaired) electrons. The van der Waals surface area contributed by atoms with Gasteiger partial charge in [0, 0.05) is 30.8 Å². The lowest BCUT2D eigenvalue weighted by atomic mass is 10.1. The highest BCUT2D eigenvalue weighted by Crippen LogP contribution is 2.27. The summed E-state index contributed by atoms with van der Waals surface area (Å²) in [7, 11) is 0. The van der Waals surface area contributed by atoms with E-state index in [0.717, 1.165) is 11.1 Å². The van der Waals surface area contributed by atoms with E-state index in [1.54, 1.807) is 6.07 Å². The van der Waals surface area contributed by atoms with Crippen LogP contribution >= 0.6 is 0 Å². The van der Waals surface area contributed by atoms with E-state index in [1.165, 1.54) is 12.1 Å². The monoisotopic (exact) mass is 424 g/mol. The molecule has 2 aromatic carbocycles. The zero-order valence-electron chi connectivity index (χ0n) is 16.8. The number of nitro groups is 1. The fraction of sp³-hybridized carbons (Fsp3) is 0.286. The molecule has 10 nitrogen and oxygen atoms in total. The van der Waals surface area contributed by atoms with Crippen molar-refractivity contribution in [3.05, 3.63) is 69.6 Å². The Balaban J connectivity index is 1.50. The highest BCUT2D eigenvalue weighted by atomic mass is 16.6. The molecule has 1 aromatic heterocycles. The van der Waals surface area contributed by atoms with Crippen molar-refractivity contribution in [1.29, 1.82) is 0 Å². The van der Waals surface area contributed by atoms with E-state index in [9.17, 15) is 14.9 Å². The topological polar surface area (TPSA) is 121 Å². The number of carbonyl (C=O) groups excluding carboxylic acids is 1. The lowest BCUT2D eigenvalue weighted by Crippen LogP contribution is -2.37. The van der Waals surface area contributed by atoms with Gasteiger partial charge in [-0.3, -0.25) is 10.1 Å². The van der Waals surface area contributed by atoms with Gasteiger partial charge in [0.2, 0.25) is 5.82 Å². The molecule has 1 saturated heterocycles. The molecular weight excluding hydrogens is 404 g/mol. The summed E-state index contributed by atoms with van der Waals surface area (Å²) in [5, 5.41) is 15.1. The Kier molecular flexibility index (Phi) is 5.89. The largest absolute Gasteiger partial charge is 0.452 e. The summed E-state index contributed by atoms with van der Waals surface area (Å²) >= 11 is 0. The number of nitrogens with zero attached hydrogens (tertiary/aromatic N) is 4. The minimum absolute atomic E-state index is 0.106. The van der Waals surface area contributed by atoms with Gasteiger partial charge in [-0.15, -0.1) is 0 Å². The summed E-state index contributed by atoms with van der Waals surface area (Å²) in [6.45, 7) is 3.89. The SMILES string of the molecule is Cc1ccc(-c2noc(COC(=O)c3cc([N+](=O)[O-])ccc3N3CCOCC3)n2)cc1. The Hall–Kier alpha value is -3.79. The molecule has 0 spiro atoms. The van der Waals surface area contributed by atoms with E-state index in [2.05, 4.69) is 10.1 Å². The minimum atomic E-state index is -0.708. The average molecular weight is 424 g/mol. The van der Waals surface area contributed by atoms with Crippen molar-refractivity contribution in [2.75, 3.05) is 31.2 Å². The van der Waals surface area contributed by atoms with Crippen LogP contribution in [0.4, 0.5) is 11.4 Å². The van der Waals surface area contributed by atoms with E-state index >= 15 is 0 Å². The fourth-order valence-corrected chi connectivity index (χ4v) is 3.22. The van der Waals surface area contributed by atoms with Crippen molar-refractivity contribution in [2.45, 2.75) is 13.5 Å². The van der Waals surface area contributed by atoms with Gasteiger partial charge in [-0.2, -0.15) is 4.98 Å². The Labute approximate surface area is 177 Å². The standard InChI is InChI=1S/C21H20N4O6/c1-14-2-4-15(5-3-14)20-22-19(31-23-20)13-30-21(26)17-12-16(25(27)28)6-7-18(17)24-8-10-29-11-9-24/h2-7,12H,8-11,13H2,1H3.